The van der Waals surface area contributed by atoms with Crippen LogP contribution in [0.15, 0.2) is 47.1 Å². The van der Waals surface area contributed by atoms with Crippen molar-refractivity contribution in [2.24, 2.45) is 0 Å². The average molecular weight is 398 g/mol. The van der Waals surface area contributed by atoms with Crippen molar-refractivity contribution >= 4 is 49.5 Å². The second-order valence-corrected chi connectivity index (χ2v) is 6.68. The van der Waals surface area contributed by atoms with E-state index in [1.807, 2.05) is 36.5 Å². The van der Waals surface area contributed by atoms with E-state index in [4.69, 9.17) is 16.2 Å². The average Bonchev–Trinajstić information content (AvgIpc) is 2.97. The lowest BCUT2D eigenvalue weighted by Gasteiger charge is -2.11. The topological polar surface area (TPSA) is 92.0 Å². The number of fused-ring (bicyclic) bond motifs is 3. The Hall–Kier alpha value is -2.80. The number of rotatable bonds is 3. The van der Waals surface area contributed by atoms with E-state index in [9.17, 15) is 0 Å². The van der Waals surface area contributed by atoms with Gasteiger partial charge in [0, 0.05) is 27.1 Å². The van der Waals surface area contributed by atoms with Gasteiger partial charge in [-0.2, -0.15) is 4.98 Å². The lowest BCUT2D eigenvalue weighted by atomic mass is 10.1. The van der Waals surface area contributed by atoms with Crippen molar-refractivity contribution in [2.45, 2.75) is 6.54 Å². The van der Waals surface area contributed by atoms with Gasteiger partial charge in [-0.3, -0.25) is 0 Å². The van der Waals surface area contributed by atoms with E-state index >= 15 is 0 Å². The molecule has 25 heavy (non-hydrogen) atoms. The molecule has 2 heterocycles. The lowest BCUT2D eigenvalue weighted by molar-refractivity contribution is 0.408. The summed E-state index contributed by atoms with van der Waals surface area (Å²) in [6.45, 7) is 0.674. The Labute approximate surface area is 152 Å². The number of nitrogen functional groups attached to an aromatic ring is 2. The molecule has 4 rings (SSSR count). The van der Waals surface area contributed by atoms with Gasteiger partial charge in [-0.05, 0) is 36.4 Å². The SMILES string of the molecule is COc1ccc(Br)cc1Cn1ccc2c3c(N)nc(N)nc3ccc21. The van der Waals surface area contributed by atoms with Crippen molar-refractivity contribution in [3.8, 4) is 5.75 Å². The van der Waals surface area contributed by atoms with Crippen LogP contribution in [0.3, 0.4) is 0 Å². The summed E-state index contributed by atoms with van der Waals surface area (Å²) in [6.07, 6.45) is 2.03. The maximum absolute atomic E-state index is 6.08. The quantitative estimate of drug-likeness (QED) is 0.551. The van der Waals surface area contributed by atoms with Crippen LogP contribution in [0.25, 0.3) is 21.8 Å². The minimum atomic E-state index is 0.183. The van der Waals surface area contributed by atoms with Crippen LogP contribution in [0.1, 0.15) is 5.56 Å². The van der Waals surface area contributed by atoms with E-state index in [0.717, 1.165) is 37.6 Å². The Morgan fingerprint density at radius 3 is 2.76 bits per heavy atom. The Bertz CT molecular complexity index is 1110. The van der Waals surface area contributed by atoms with Gasteiger partial charge < -0.3 is 20.8 Å². The second-order valence-electron chi connectivity index (χ2n) is 5.76. The zero-order valence-corrected chi connectivity index (χ0v) is 15.1. The van der Waals surface area contributed by atoms with Crippen LogP contribution in [0.2, 0.25) is 0 Å². The van der Waals surface area contributed by atoms with Crippen LogP contribution < -0.4 is 16.2 Å². The summed E-state index contributed by atoms with van der Waals surface area (Å²) in [5.74, 6) is 1.43. The van der Waals surface area contributed by atoms with Crippen LogP contribution in [0.5, 0.6) is 5.75 Å². The molecular weight excluding hydrogens is 382 g/mol. The summed E-state index contributed by atoms with van der Waals surface area (Å²) in [5.41, 5.74) is 14.7. The van der Waals surface area contributed by atoms with E-state index < -0.39 is 0 Å². The third-order valence-electron chi connectivity index (χ3n) is 4.24. The molecular formula is C18H16BrN5O. The lowest BCUT2D eigenvalue weighted by Crippen LogP contribution is -2.02. The molecule has 0 aliphatic rings. The third kappa shape index (κ3) is 2.66. The molecule has 0 unspecified atom stereocenters. The molecule has 0 atom stereocenters. The van der Waals surface area contributed by atoms with Crippen molar-refractivity contribution in [2.75, 3.05) is 18.6 Å². The Kier molecular flexibility index (Phi) is 3.73. The second kappa shape index (κ2) is 5.93. The number of methoxy groups -OCH3 is 1. The summed E-state index contributed by atoms with van der Waals surface area (Å²) < 4.78 is 8.64. The van der Waals surface area contributed by atoms with E-state index in [1.165, 1.54) is 0 Å². The number of aromatic nitrogens is 3. The normalized spacial score (nSPS) is 11.3. The minimum Gasteiger partial charge on any atom is -0.496 e. The molecule has 0 aliphatic carbocycles. The van der Waals surface area contributed by atoms with E-state index in [1.54, 1.807) is 7.11 Å². The van der Waals surface area contributed by atoms with Crippen molar-refractivity contribution in [3.63, 3.8) is 0 Å². The molecule has 126 valence electrons. The van der Waals surface area contributed by atoms with Crippen molar-refractivity contribution in [3.05, 3.63) is 52.6 Å². The summed E-state index contributed by atoms with van der Waals surface area (Å²) in [7, 11) is 1.68. The van der Waals surface area contributed by atoms with Crippen molar-refractivity contribution in [1.82, 2.24) is 14.5 Å². The number of halogens is 1. The molecule has 0 saturated heterocycles. The van der Waals surface area contributed by atoms with Crippen LogP contribution in [-0.2, 0) is 6.54 Å². The molecule has 0 bridgehead atoms. The summed E-state index contributed by atoms with van der Waals surface area (Å²) in [6, 6.07) is 11.9. The summed E-state index contributed by atoms with van der Waals surface area (Å²) >= 11 is 3.52. The highest BCUT2D eigenvalue weighted by Crippen LogP contribution is 2.31. The fourth-order valence-electron chi connectivity index (χ4n) is 3.14. The Balaban J connectivity index is 1.87. The molecule has 0 aliphatic heterocycles. The van der Waals surface area contributed by atoms with Gasteiger partial charge in [-0.1, -0.05) is 15.9 Å². The molecule has 4 aromatic rings. The van der Waals surface area contributed by atoms with Gasteiger partial charge in [0.1, 0.15) is 11.6 Å². The van der Waals surface area contributed by atoms with Crippen molar-refractivity contribution in [1.29, 1.82) is 0 Å². The first-order chi connectivity index (χ1) is 12.1. The van der Waals surface area contributed by atoms with Gasteiger partial charge in [0.05, 0.1) is 24.6 Å². The molecule has 6 nitrogen and oxygen atoms in total. The van der Waals surface area contributed by atoms with Crippen molar-refractivity contribution < 1.29 is 4.74 Å². The molecule has 0 fully saturated rings. The van der Waals surface area contributed by atoms with E-state index in [2.05, 4.69) is 36.5 Å². The smallest absolute Gasteiger partial charge is 0.222 e. The zero-order valence-electron chi connectivity index (χ0n) is 13.5. The highest BCUT2D eigenvalue weighted by molar-refractivity contribution is 9.10. The maximum atomic E-state index is 6.08. The van der Waals surface area contributed by atoms with Gasteiger partial charge in [0.25, 0.3) is 0 Å². The van der Waals surface area contributed by atoms with Crippen LogP contribution >= 0.6 is 15.9 Å². The number of anilines is 2. The molecule has 0 radical (unpaired) electrons. The maximum Gasteiger partial charge on any atom is 0.222 e. The van der Waals surface area contributed by atoms with E-state index in [-0.39, 0.29) is 5.95 Å². The summed E-state index contributed by atoms with van der Waals surface area (Å²) in [4.78, 5) is 8.36. The highest BCUT2D eigenvalue weighted by atomic mass is 79.9. The first kappa shape index (κ1) is 15.7. The number of ether oxygens (including phenoxy) is 1. The van der Waals surface area contributed by atoms with Crippen LogP contribution in [-0.4, -0.2) is 21.6 Å². The number of nitrogens with two attached hydrogens (primary N) is 2. The number of nitrogens with zero attached hydrogens (tertiary/aromatic N) is 3. The molecule has 7 heteroatoms. The number of hydrogen-bond donors (Lipinski definition) is 2. The molecule has 4 N–H and O–H groups in total. The first-order valence-electron chi connectivity index (χ1n) is 7.70. The number of hydrogen-bond acceptors (Lipinski definition) is 5. The molecule has 0 spiro atoms. The fourth-order valence-corrected chi connectivity index (χ4v) is 3.55. The predicted molar refractivity (Wildman–Crippen MR) is 104 cm³/mol. The zero-order chi connectivity index (χ0) is 17.6. The van der Waals surface area contributed by atoms with Crippen LogP contribution in [0.4, 0.5) is 11.8 Å². The van der Waals surface area contributed by atoms with Gasteiger partial charge in [-0.25, -0.2) is 4.98 Å². The monoisotopic (exact) mass is 397 g/mol. The fraction of sp³-hybridized carbons (Fsp3) is 0.111. The minimum absolute atomic E-state index is 0.183. The largest absolute Gasteiger partial charge is 0.496 e. The third-order valence-corrected chi connectivity index (χ3v) is 4.73. The molecule has 0 amide bonds. The predicted octanol–water partition coefficient (Wildman–Crippen LogP) is 3.57. The Morgan fingerprint density at radius 2 is 1.96 bits per heavy atom. The Morgan fingerprint density at radius 1 is 1.12 bits per heavy atom. The van der Waals surface area contributed by atoms with Gasteiger partial charge in [0.15, 0.2) is 0 Å². The molecule has 2 aromatic carbocycles. The van der Waals surface area contributed by atoms with E-state index in [0.29, 0.717) is 12.4 Å². The van der Waals surface area contributed by atoms with Gasteiger partial charge in [0.2, 0.25) is 5.95 Å². The highest BCUT2D eigenvalue weighted by Gasteiger charge is 2.12. The molecule has 2 aromatic heterocycles. The standard InChI is InChI=1S/C18H16BrN5O/c1-25-15-5-2-11(19)8-10(15)9-24-7-6-12-14(24)4-3-13-16(12)17(20)23-18(21)22-13/h2-8H,9H2,1H3,(H4,20,21,22,23). The van der Waals surface area contributed by atoms with Gasteiger partial charge >= 0.3 is 0 Å². The van der Waals surface area contributed by atoms with Crippen LogP contribution in [0, 0.1) is 0 Å². The van der Waals surface area contributed by atoms with Gasteiger partial charge in [-0.15, -0.1) is 0 Å². The number of benzene rings is 2. The summed E-state index contributed by atoms with van der Waals surface area (Å²) in [5, 5.41) is 1.83. The first-order valence-corrected chi connectivity index (χ1v) is 8.49. The molecule has 0 saturated carbocycles.